The maximum atomic E-state index is 14.3. The van der Waals surface area contributed by atoms with Crippen molar-refractivity contribution in [2.75, 3.05) is 36.6 Å². The van der Waals surface area contributed by atoms with Gasteiger partial charge in [-0.3, -0.25) is 0 Å². The average molecular weight is 487 g/mol. The van der Waals surface area contributed by atoms with E-state index in [0.717, 1.165) is 45.6 Å². The molecule has 176 valence electrons. The largest absolute Gasteiger partial charge is 0.378 e. The molecule has 1 fully saturated rings. The van der Waals surface area contributed by atoms with Gasteiger partial charge in [-0.1, -0.05) is 36.4 Å². The van der Waals surface area contributed by atoms with Gasteiger partial charge in [0.1, 0.15) is 5.82 Å². The van der Waals surface area contributed by atoms with E-state index < -0.39 is 0 Å². The van der Waals surface area contributed by atoms with E-state index in [0.29, 0.717) is 31.3 Å². The first-order valence-corrected chi connectivity index (χ1v) is 12.3. The molecule has 1 N–H and O–H groups in total. The summed E-state index contributed by atoms with van der Waals surface area (Å²) in [6, 6.07) is 16.9. The minimum absolute atomic E-state index is 0.209. The fourth-order valence-corrected chi connectivity index (χ4v) is 5.21. The van der Waals surface area contributed by atoms with Crippen molar-refractivity contribution in [3.05, 3.63) is 83.1 Å². The van der Waals surface area contributed by atoms with E-state index in [1.54, 1.807) is 23.6 Å². The van der Waals surface area contributed by atoms with E-state index in [1.165, 1.54) is 6.07 Å². The Morgan fingerprint density at radius 2 is 1.89 bits per heavy atom. The lowest BCUT2D eigenvalue weighted by Gasteiger charge is -2.28. The topological polar surface area (TPSA) is 67.6 Å². The van der Waals surface area contributed by atoms with Gasteiger partial charge in [-0.2, -0.15) is 10.1 Å². The number of thiophene rings is 1. The minimum atomic E-state index is -0.209. The summed E-state index contributed by atoms with van der Waals surface area (Å²) in [6.45, 7) is 3.42. The van der Waals surface area contributed by atoms with Crippen LogP contribution in [0.3, 0.4) is 0 Å². The van der Waals surface area contributed by atoms with Crippen molar-refractivity contribution in [2.45, 2.75) is 6.54 Å². The van der Waals surface area contributed by atoms with Crippen LogP contribution in [0.25, 0.3) is 21.1 Å². The van der Waals surface area contributed by atoms with Crippen molar-refractivity contribution in [1.29, 1.82) is 0 Å². The fraction of sp³-hybridized carbons (Fsp3) is 0.192. The van der Waals surface area contributed by atoms with E-state index in [9.17, 15) is 4.39 Å². The maximum Gasteiger partial charge on any atom is 0.246 e. The number of hydrazone groups is 1. The third kappa shape index (κ3) is 4.36. The number of morpholine rings is 1. The van der Waals surface area contributed by atoms with Gasteiger partial charge < -0.3 is 14.2 Å². The molecule has 0 bridgehead atoms. The smallest absolute Gasteiger partial charge is 0.246 e. The van der Waals surface area contributed by atoms with E-state index in [2.05, 4.69) is 20.4 Å². The van der Waals surface area contributed by atoms with Crippen molar-refractivity contribution in [3.63, 3.8) is 0 Å². The SMILES string of the molecule is Fc1ccccc1Cn1cc(/C=N/Nc2nc(N3CCOCC3)c3sccc3n2)c2ccccc21. The summed E-state index contributed by atoms with van der Waals surface area (Å²) < 4.78 is 22.9. The van der Waals surface area contributed by atoms with Gasteiger partial charge in [0.05, 0.1) is 36.2 Å². The molecule has 35 heavy (non-hydrogen) atoms. The molecule has 0 unspecified atom stereocenters. The van der Waals surface area contributed by atoms with Gasteiger partial charge in [0.25, 0.3) is 0 Å². The molecule has 0 radical (unpaired) electrons. The van der Waals surface area contributed by atoms with Crippen LogP contribution in [0.5, 0.6) is 0 Å². The normalized spacial score (nSPS) is 14.4. The number of hydrogen-bond acceptors (Lipinski definition) is 7. The third-order valence-corrected chi connectivity index (χ3v) is 6.98. The van der Waals surface area contributed by atoms with Crippen LogP contribution in [-0.4, -0.2) is 47.1 Å². The van der Waals surface area contributed by atoms with Crippen LogP contribution in [0.4, 0.5) is 16.2 Å². The summed E-state index contributed by atoms with van der Waals surface area (Å²) in [4.78, 5) is 11.6. The van der Waals surface area contributed by atoms with E-state index >= 15 is 0 Å². The van der Waals surface area contributed by atoms with Crippen LogP contribution in [-0.2, 0) is 11.3 Å². The monoisotopic (exact) mass is 486 g/mol. The minimum Gasteiger partial charge on any atom is -0.378 e. The summed E-state index contributed by atoms with van der Waals surface area (Å²) in [6.07, 6.45) is 3.75. The van der Waals surface area contributed by atoms with Crippen LogP contribution in [0, 0.1) is 5.82 Å². The highest BCUT2D eigenvalue weighted by Gasteiger charge is 2.18. The lowest BCUT2D eigenvalue weighted by molar-refractivity contribution is 0.122. The first-order chi connectivity index (χ1) is 17.3. The number of nitrogens with one attached hydrogen (secondary N) is 1. The molecular formula is C26H23FN6OS. The molecule has 0 aliphatic carbocycles. The van der Waals surface area contributed by atoms with Crippen LogP contribution >= 0.6 is 11.3 Å². The zero-order valence-electron chi connectivity index (χ0n) is 18.9. The van der Waals surface area contributed by atoms with Gasteiger partial charge in [0.15, 0.2) is 5.82 Å². The van der Waals surface area contributed by atoms with Gasteiger partial charge in [0.2, 0.25) is 5.95 Å². The molecule has 0 saturated carbocycles. The highest BCUT2D eigenvalue weighted by molar-refractivity contribution is 7.17. The lowest BCUT2D eigenvalue weighted by Crippen LogP contribution is -2.36. The number of benzene rings is 2. The number of hydrogen-bond donors (Lipinski definition) is 1. The Kier molecular flexibility index (Phi) is 5.85. The predicted molar refractivity (Wildman–Crippen MR) is 139 cm³/mol. The Morgan fingerprint density at radius 3 is 2.77 bits per heavy atom. The summed E-state index contributed by atoms with van der Waals surface area (Å²) in [7, 11) is 0. The van der Waals surface area contributed by atoms with E-state index in [-0.39, 0.29) is 5.82 Å². The second kappa shape index (κ2) is 9.44. The quantitative estimate of drug-likeness (QED) is 0.267. The molecule has 9 heteroatoms. The highest BCUT2D eigenvalue weighted by Crippen LogP contribution is 2.30. The zero-order valence-corrected chi connectivity index (χ0v) is 19.7. The second-order valence-corrected chi connectivity index (χ2v) is 9.21. The molecule has 7 nitrogen and oxygen atoms in total. The standard InChI is InChI=1S/C26H23FN6OS/c27-21-7-3-1-5-18(21)16-33-17-19(20-6-2-4-8-23(20)33)15-28-31-26-29-22-9-14-35-24(22)25(30-26)32-10-12-34-13-11-32/h1-9,14-15,17H,10-13,16H2,(H,29,30,31)/b28-15+. The second-order valence-electron chi connectivity index (χ2n) is 8.30. The summed E-state index contributed by atoms with van der Waals surface area (Å²) in [5.41, 5.74) is 6.49. The molecule has 1 aliphatic heterocycles. The van der Waals surface area contributed by atoms with Crippen molar-refractivity contribution in [3.8, 4) is 0 Å². The van der Waals surface area contributed by atoms with Gasteiger partial charge in [0, 0.05) is 41.3 Å². The van der Waals surface area contributed by atoms with Gasteiger partial charge in [-0.05, 0) is 23.6 Å². The van der Waals surface area contributed by atoms with Crippen LogP contribution in [0.15, 0.2) is 71.3 Å². The first kappa shape index (κ1) is 21.7. The molecule has 0 atom stereocenters. The number of halogens is 1. The Bertz CT molecular complexity index is 1520. The average Bonchev–Trinajstić information content (AvgIpc) is 3.51. The van der Waals surface area contributed by atoms with Crippen molar-refractivity contribution in [1.82, 2.24) is 14.5 Å². The zero-order chi connectivity index (χ0) is 23.6. The number of para-hydroxylation sites is 1. The number of fused-ring (bicyclic) bond motifs is 2. The number of rotatable bonds is 6. The van der Waals surface area contributed by atoms with Gasteiger partial charge >= 0.3 is 0 Å². The van der Waals surface area contributed by atoms with Crippen LogP contribution < -0.4 is 10.3 Å². The molecule has 6 rings (SSSR count). The molecular weight excluding hydrogens is 463 g/mol. The maximum absolute atomic E-state index is 14.3. The fourth-order valence-electron chi connectivity index (χ4n) is 4.37. The summed E-state index contributed by atoms with van der Waals surface area (Å²) in [5.74, 6) is 1.15. The van der Waals surface area contributed by atoms with Gasteiger partial charge in [-0.15, -0.1) is 11.3 Å². The Labute approximate surface area is 205 Å². The summed E-state index contributed by atoms with van der Waals surface area (Å²) >= 11 is 1.64. The highest BCUT2D eigenvalue weighted by atomic mass is 32.1. The number of aromatic nitrogens is 3. The molecule has 0 amide bonds. The molecule has 3 aromatic heterocycles. The predicted octanol–water partition coefficient (Wildman–Crippen LogP) is 5.12. The molecule has 2 aromatic carbocycles. The van der Waals surface area contributed by atoms with Crippen molar-refractivity contribution >= 4 is 50.4 Å². The van der Waals surface area contributed by atoms with E-state index in [4.69, 9.17) is 9.72 Å². The molecule has 1 saturated heterocycles. The molecule has 0 spiro atoms. The van der Waals surface area contributed by atoms with Crippen molar-refractivity contribution in [2.24, 2.45) is 5.10 Å². The number of nitrogens with zero attached hydrogens (tertiary/aromatic N) is 5. The number of ether oxygens (including phenoxy) is 1. The molecule has 5 aromatic rings. The Hall–Kier alpha value is -3.82. The Morgan fingerprint density at radius 1 is 1.06 bits per heavy atom. The summed E-state index contributed by atoms with van der Waals surface area (Å²) in [5, 5.41) is 7.52. The Balaban J connectivity index is 1.28. The van der Waals surface area contributed by atoms with Crippen LogP contribution in [0.2, 0.25) is 0 Å². The first-order valence-electron chi connectivity index (χ1n) is 11.4. The molecule has 1 aliphatic rings. The van der Waals surface area contributed by atoms with Crippen LogP contribution in [0.1, 0.15) is 11.1 Å². The van der Waals surface area contributed by atoms with Crippen molar-refractivity contribution < 1.29 is 9.13 Å². The number of anilines is 2. The van der Waals surface area contributed by atoms with E-state index in [1.807, 2.05) is 58.6 Å². The third-order valence-electron chi connectivity index (χ3n) is 6.08. The molecule has 4 heterocycles. The van der Waals surface area contributed by atoms with Gasteiger partial charge in [-0.25, -0.2) is 14.8 Å². The lowest BCUT2D eigenvalue weighted by atomic mass is 10.2.